The molecule has 4 rings (SSSR count). The van der Waals surface area contributed by atoms with Gasteiger partial charge >= 0.3 is 5.97 Å². The zero-order chi connectivity index (χ0) is 23.0. The third-order valence-corrected chi connectivity index (χ3v) is 6.66. The third kappa shape index (κ3) is 4.04. The molecular formula is C25H31NO6. The van der Waals surface area contributed by atoms with Crippen LogP contribution in [-0.2, 0) is 11.2 Å². The summed E-state index contributed by atoms with van der Waals surface area (Å²) in [6.45, 7) is 6.25. The number of aryl methyl sites for hydroxylation is 1. The minimum atomic E-state index is -0.647. The average molecular weight is 442 g/mol. The van der Waals surface area contributed by atoms with Crippen LogP contribution in [0.25, 0.3) is 0 Å². The maximum atomic E-state index is 12.8. The van der Waals surface area contributed by atoms with E-state index in [4.69, 9.17) is 9.57 Å². The molecule has 1 aliphatic carbocycles. The van der Waals surface area contributed by atoms with Crippen LogP contribution in [0.15, 0.2) is 35.9 Å². The maximum absolute atomic E-state index is 12.8. The Morgan fingerprint density at radius 3 is 2.59 bits per heavy atom. The lowest BCUT2D eigenvalue weighted by atomic mass is 9.67. The summed E-state index contributed by atoms with van der Waals surface area (Å²) in [5, 5.41) is 30.4. The Morgan fingerprint density at radius 2 is 1.91 bits per heavy atom. The number of carbonyl (C=O) groups is 1. The van der Waals surface area contributed by atoms with Crippen molar-refractivity contribution in [2.24, 2.45) is 5.92 Å². The predicted octanol–water partition coefficient (Wildman–Crippen LogP) is 4.58. The van der Waals surface area contributed by atoms with E-state index < -0.39 is 11.6 Å². The molecule has 1 aliphatic heterocycles. The topological polar surface area (TPSA) is 101 Å². The fourth-order valence-electron chi connectivity index (χ4n) is 4.98. The van der Waals surface area contributed by atoms with Gasteiger partial charge in [-0.3, -0.25) is 0 Å². The second-order valence-corrected chi connectivity index (χ2v) is 9.29. The molecule has 0 saturated heterocycles. The number of benzene rings is 1. The van der Waals surface area contributed by atoms with Crippen LogP contribution in [0.1, 0.15) is 69.9 Å². The van der Waals surface area contributed by atoms with Gasteiger partial charge in [0.05, 0.1) is 0 Å². The molecular weight excluding hydrogens is 410 g/mol. The second-order valence-electron chi connectivity index (χ2n) is 9.29. The number of aromatic hydroxyl groups is 3. The number of aromatic nitrogens is 1. The van der Waals surface area contributed by atoms with E-state index in [0.717, 1.165) is 36.8 Å². The average Bonchev–Trinajstić information content (AvgIpc) is 3.05. The fraction of sp³-hybridized carbons (Fsp3) is 0.480. The fourth-order valence-corrected chi connectivity index (χ4v) is 4.98. The number of phenols is 1. The Labute approximate surface area is 187 Å². The van der Waals surface area contributed by atoms with Gasteiger partial charge in [0.2, 0.25) is 11.8 Å². The quantitative estimate of drug-likeness (QED) is 0.567. The van der Waals surface area contributed by atoms with Gasteiger partial charge < -0.3 is 24.9 Å². The van der Waals surface area contributed by atoms with E-state index in [0.29, 0.717) is 28.9 Å². The van der Waals surface area contributed by atoms with E-state index in [9.17, 15) is 20.1 Å². The van der Waals surface area contributed by atoms with Crippen LogP contribution in [0.2, 0.25) is 0 Å². The van der Waals surface area contributed by atoms with Gasteiger partial charge in [-0.25, -0.2) is 4.79 Å². The van der Waals surface area contributed by atoms with E-state index in [1.54, 1.807) is 0 Å². The van der Waals surface area contributed by atoms with Gasteiger partial charge in [0.15, 0.2) is 0 Å². The zero-order valence-corrected chi connectivity index (χ0v) is 18.8. The molecule has 32 heavy (non-hydrogen) atoms. The van der Waals surface area contributed by atoms with Crippen molar-refractivity contribution in [2.75, 3.05) is 0 Å². The van der Waals surface area contributed by atoms with Crippen LogP contribution in [0.3, 0.4) is 0 Å². The number of fused-ring (bicyclic) bond motifs is 3. The molecule has 3 N–H and O–H groups in total. The number of hydrogen-bond donors (Lipinski definition) is 3. The zero-order valence-electron chi connectivity index (χ0n) is 18.8. The van der Waals surface area contributed by atoms with Crippen LogP contribution < -0.4 is 9.57 Å². The van der Waals surface area contributed by atoms with Gasteiger partial charge in [-0.2, -0.15) is 0 Å². The first-order chi connectivity index (χ1) is 15.2. The molecule has 7 heteroatoms. The normalized spacial score (nSPS) is 21.2. The first-order valence-corrected chi connectivity index (χ1v) is 11.3. The Hall–Kier alpha value is -3.09. The number of unbranched alkanes of at least 4 members (excludes halogenated alkanes) is 2. The summed E-state index contributed by atoms with van der Waals surface area (Å²) in [5.41, 5.74) is 1.76. The highest BCUT2D eigenvalue weighted by molar-refractivity contribution is 5.89. The summed E-state index contributed by atoms with van der Waals surface area (Å²) >= 11 is 0. The summed E-state index contributed by atoms with van der Waals surface area (Å²) in [6.07, 6.45) is 6.99. The molecule has 2 heterocycles. The van der Waals surface area contributed by atoms with Crippen LogP contribution in [0.5, 0.6) is 23.3 Å². The molecule has 1 aromatic heterocycles. The summed E-state index contributed by atoms with van der Waals surface area (Å²) in [4.78, 5) is 18.0. The first-order valence-electron chi connectivity index (χ1n) is 11.3. The van der Waals surface area contributed by atoms with Crippen molar-refractivity contribution in [2.45, 2.75) is 70.8 Å². The lowest BCUT2D eigenvalue weighted by molar-refractivity contribution is -0.141. The molecule has 2 atom stereocenters. The van der Waals surface area contributed by atoms with Crippen LogP contribution >= 0.6 is 0 Å². The minimum Gasteiger partial charge on any atom is -0.508 e. The van der Waals surface area contributed by atoms with Gasteiger partial charge in [0, 0.05) is 35.1 Å². The Morgan fingerprint density at radius 1 is 1.19 bits per heavy atom. The van der Waals surface area contributed by atoms with E-state index in [-0.39, 0.29) is 29.3 Å². The lowest BCUT2D eigenvalue weighted by Gasteiger charge is -2.47. The monoisotopic (exact) mass is 441 g/mol. The molecule has 0 amide bonds. The number of allylic oxidation sites excluding steroid dienone is 1. The Bertz CT molecular complexity index is 1030. The van der Waals surface area contributed by atoms with Crippen molar-refractivity contribution in [1.82, 2.24) is 4.73 Å². The molecule has 0 saturated carbocycles. The molecule has 0 fully saturated rings. The van der Waals surface area contributed by atoms with Gasteiger partial charge in [-0.1, -0.05) is 25.8 Å². The Balaban J connectivity index is 1.61. The summed E-state index contributed by atoms with van der Waals surface area (Å²) in [6, 6.07) is 6.32. The molecule has 7 nitrogen and oxygen atoms in total. The molecule has 2 aromatic rings. The largest absolute Gasteiger partial charge is 0.508 e. The van der Waals surface area contributed by atoms with E-state index >= 15 is 0 Å². The molecule has 0 spiro atoms. The van der Waals surface area contributed by atoms with Crippen molar-refractivity contribution in [3.05, 3.63) is 47.0 Å². The highest BCUT2D eigenvalue weighted by atomic mass is 16.7. The molecule has 2 aliphatic rings. The SMILES string of the molecule is CCCCCc1cc(O)c2c(c1)OC(C)(C)[C@@H]1CC=C(C(=O)On3c(O)ccc3O)C[C@@H]21. The smallest absolute Gasteiger partial charge is 0.359 e. The molecule has 0 unspecified atom stereocenters. The number of phenolic OH excluding ortho intramolecular Hbond substituents is 1. The number of hydrogen-bond acceptors (Lipinski definition) is 6. The molecule has 0 radical (unpaired) electrons. The van der Waals surface area contributed by atoms with Crippen molar-refractivity contribution >= 4 is 5.97 Å². The number of ether oxygens (including phenoxy) is 1. The van der Waals surface area contributed by atoms with Crippen molar-refractivity contribution in [1.29, 1.82) is 0 Å². The van der Waals surface area contributed by atoms with Crippen molar-refractivity contribution in [3.63, 3.8) is 0 Å². The summed E-state index contributed by atoms with van der Waals surface area (Å²) in [7, 11) is 0. The van der Waals surface area contributed by atoms with Crippen molar-refractivity contribution < 1.29 is 29.7 Å². The highest BCUT2D eigenvalue weighted by Crippen LogP contribution is 2.54. The van der Waals surface area contributed by atoms with Crippen LogP contribution in [0.4, 0.5) is 0 Å². The van der Waals surface area contributed by atoms with E-state index in [1.165, 1.54) is 12.1 Å². The number of carbonyl (C=O) groups excluding carboxylic acids is 1. The first kappa shape index (κ1) is 22.1. The van der Waals surface area contributed by atoms with Gasteiger partial charge in [0.25, 0.3) is 0 Å². The minimum absolute atomic E-state index is 0.0803. The second kappa shape index (κ2) is 8.45. The lowest BCUT2D eigenvalue weighted by Crippen LogP contribution is -2.46. The summed E-state index contributed by atoms with van der Waals surface area (Å²) in [5.74, 6) is -0.527. The highest BCUT2D eigenvalue weighted by Gasteiger charge is 2.47. The van der Waals surface area contributed by atoms with E-state index in [2.05, 4.69) is 6.92 Å². The Kier molecular flexibility index (Phi) is 5.84. The number of nitrogens with zero attached hydrogens (tertiary/aromatic N) is 1. The van der Waals surface area contributed by atoms with Crippen molar-refractivity contribution in [3.8, 4) is 23.3 Å². The standard InChI is InChI=1S/C25H31NO6/c1-4-5-6-7-15-12-19(27)23-17-14-16(24(30)32-26-21(28)10-11-22(26)29)8-9-18(17)25(2,3)31-20(23)13-15/h8,10-13,17-18,27-29H,4-7,9,14H2,1-3H3/t17-,18-/m1/s1. The molecule has 1 aromatic carbocycles. The van der Waals surface area contributed by atoms with Crippen LogP contribution in [0, 0.1) is 5.92 Å². The van der Waals surface area contributed by atoms with Gasteiger partial charge in [-0.05, 0) is 57.2 Å². The predicted molar refractivity (Wildman–Crippen MR) is 119 cm³/mol. The molecule has 0 bridgehead atoms. The van der Waals surface area contributed by atoms with Gasteiger partial charge in [-0.15, -0.1) is 4.73 Å². The van der Waals surface area contributed by atoms with Crippen LogP contribution in [-0.4, -0.2) is 31.6 Å². The molecule has 172 valence electrons. The van der Waals surface area contributed by atoms with Gasteiger partial charge in [0.1, 0.15) is 17.1 Å². The third-order valence-electron chi connectivity index (χ3n) is 6.66. The maximum Gasteiger partial charge on any atom is 0.359 e. The number of rotatable bonds is 6. The summed E-state index contributed by atoms with van der Waals surface area (Å²) < 4.78 is 7.04. The van der Waals surface area contributed by atoms with E-state index in [1.807, 2.05) is 32.1 Å².